The number of nitrogens with one attached hydrogen (secondary N) is 1. The monoisotopic (exact) mass is 442 g/mol. The molecular weight excluding hydrogens is 412 g/mol. The summed E-state index contributed by atoms with van der Waals surface area (Å²) in [7, 11) is 0. The Bertz CT molecular complexity index is 1130. The maximum Gasteiger partial charge on any atom is 0.246 e. The van der Waals surface area contributed by atoms with Gasteiger partial charge < -0.3 is 4.90 Å². The second-order valence-electron chi connectivity index (χ2n) is 8.76. The van der Waals surface area contributed by atoms with Gasteiger partial charge in [-0.15, -0.1) is 6.58 Å². The second-order valence-corrected chi connectivity index (χ2v) is 8.76. The van der Waals surface area contributed by atoms with E-state index >= 15 is 0 Å². The zero-order chi connectivity index (χ0) is 23.4. The number of carbonyl (C=O) groups is 2. The van der Waals surface area contributed by atoms with E-state index < -0.39 is 0 Å². The van der Waals surface area contributed by atoms with Crippen molar-refractivity contribution in [3.05, 3.63) is 79.0 Å². The Morgan fingerprint density at radius 2 is 1.85 bits per heavy atom. The van der Waals surface area contributed by atoms with Crippen LogP contribution in [0.1, 0.15) is 38.2 Å². The van der Waals surface area contributed by atoms with Crippen molar-refractivity contribution in [2.75, 3.05) is 18.4 Å². The minimum atomic E-state index is -0.281. The van der Waals surface area contributed by atoms with Crippen LogP contribution in [0.4, 0.5) is 5.95 Å². The summed E-state index contributed by atoms with van der Waals surface area (Å²) in [4.78, 5) is 31.7. The molecule has 6 heteroatoms. The molecule has 1 fully saturated rings. The lowest BCUT2D eigenvalue weighted by molar-refractivity contribution is -0.135. The van der Waals surface area contributed by atoms with E-state index in [0.717, 1.165) is 29.8 Å². The van der Waals surface area contributed by atoms with Crippen molar-refractivity contribution >= 4 is 17.8 Å². The van der Waals surface area contributed by atoms with E-state index in [2.05, 4.69) is 37.9 Å². The topological polar surface area (TPSA) is 67.2 Å². The lowest BCUT2D eigenvalue weighted by atomic mass is 10.0. The van der Waals surface area contributed by atoms with Crippen molar-refractivity contribution in [2.45, 2.75) is 32.6 Å². The van der Waals surface area contributed by atoms with Crippen molar-refractivity contribution in [1.29, 1.82) is 0 Å². The summed E-state index contributed by atoms with van der Waals surface area (Å²) in [6.07, 6.45) is 5.36. The number of hydrogen-bond donors (Lipinski definition) is 1. The molecule has 0 aliphatic heterocycles. The molecule has 3 aromatic rings. The van der Waals surface area contributed by atoms with Crippen LogP contribution in [0.15, 0.2) is 73.4 Å². The summed E-state index contributed by atoms with van der Waals surface area (Å²) in [6, 6.07) is 18.1. The van der Waals surface area contributed by atoms with Gasteiger partial charge in [0.05, 0.1) is 5.69 Å². The highest BCUT2D eigenvalue weighted by Crippen LogP contribution is 2.31. The average Bonchev–Trinajstić information content (AvgIpc) is 3.59. The number of imidazole rings is 1. The van der Waals surface area contributed by atoms with Gasteiger partial charge in [-0.3, -0.25) is 19.5 Å². The molecule has 2 aromatic carbocycles. The molecule has 1 aliphatic rings. The van der Waals surface area contributed by atoms with E-state index in [1.165, 1.54) is 5.56 Å². The van der Waals surface area contributed by atoms with Crippen LogP contribution in [0, 0.1) is 5.92 Å². The minimum Gasteiger partial charge on any atom is -0.329 e. The molecular formula is C27H30N4O2. The third-order valence-corrected chi connectivity index (χ3v) is 5.79. The van der Waals surface area contributed by atoms with Crippen LogP contribution in [-0.2, 0) is 9.59 Å². The van der Waals surface area contributed by atoms with E-state index in [1.54, 1.807) is 11.0 Å². The molecule has 0 bridgehead atoms. The number of carbonyl (C=O) groups excluding carboxylic acids is 2. The molecule has 1 saturated carbocycles. The molecule has 1 N–H and O–H groups in total. The fourth-order valence-corrected chi connectivity index (χ4v) is 3.75. The largest absolute Gasteiger partial charge is 0.329 e. The third kappa shape index (κ3) is 5.40. The van der Waals surface area contributed by atoms with Crippen molar-refractivity contribution in [3.8, 4) is 16.9 Å². The Hall–Kier alpha value is -3.67. The number of nitrogens with zero attached hydrogens (tertiary/aromatic N) is 3. The molecule has 170 valence electrons. The number of benzene rings is 2. The van der Waals surface area contributed by atoms with E-state index in [0.29, 0.717) is 18.4 Å². The first-order valence-electron chi connectivity index (χ1n) is 11.4. The third-order valence-electron chi connectivity index (χ3n) is 5.79. The van der Waals surface area contributed by atoms with E-state index in [4.69, 9.17) is 4.98 Å². The van der Waals surface area contributed by atoms with Gasteiger partial charge in [0.15, 0.2) is 0 Å². The van der Waals surface area contributed by atoms with Gasteiger partial charge in [0.2, 0.25) is 17.8 Å². The Kier molecular flexibility index (Phi) is 6.73. The SMILES string of the molecule is C=CCN(CC(=O)Nc1nc(-c2ccccc2)cn1-c1ccc(C(C)C)cc1)C(=O)C1CC1. The molecule has 4 rings (SSSR count). The fourth-order valence-electron chi connectivity index (χ4n) is 3.75. The maximum absolute atomic E-state index is 12.9. The molecule has 0 unspecified atom stereocenters. The van der Waals surface area contributed by atoms with Crippen LogP contribution in [0.2, 0.25) is 0 Å². The first kappa shape index (κ1) is 22.5. The van der Waals surface area contributed by atoms with E-state index in [9.17, 15) is 9.59 Å². The van der Waals surface area contributed by atoms with Gasteiger partial charge in [0.25, 0.3) is 0 Å². The van der Waals surface area contributed by atoms with Crippen molar-refractivity contribution in [2.24, 2.45) is 5.92 Å². The number of anilines is 1. The predicted molar refractivity (Wildman–Crippen MR) is 131 cm³/mol. The van der Waals surface area contributed by atoms with Gasteiger partial charge in [-0.25, -0.2) is 4.98 Å². The zero-order valence-electron chi connectivity index (χ0n) is 19.2. The van der Waals surface area contributed by atoms with Gasteiger partial charge in [-0.05, 0) is 36.5 Å². The van der Waals surface area contributed by atoms with Crippen molar-refractivity contribution in [3.63, 3.8) is 0 Å². The van der Waals surface area contributed by atoms with E-state index in [-0.39, 0.29) is 24.3 Å². The quantitative estimate of drug-likeness (QED) is 0.473. The standard InChI is InChI=1S/C27H30N4O2/c1-4-16-30(26(33)22-10-11-22)18-25(32)29-27-28-24(21-8-6-5-7-9-21)17-31(27)23-14-12-20(13-15-23)19(2)3/h4-9,12-15,17,19,22H,1,10-11,16,18H2,2-3H3,(H,28,29,32). The maximum atomic E-state index is 12.9. The van der Waals surface area contributed by atoms with Crippen LogP contribution in [0.25, 0.3) is 16.9 Å². The summed E-state index contributed by atoms with van der Waals surface area (Å²) >= 11 is 0. The first-order valence-corrected chi connectivity index (χ1v) is 11.4. The second kappa shape index (κ2) is 9.86. The molecule has 0 radical (unpaired) electrons. The molecule has 1 aliphatic carbocycles. The molecule has 0 saturated heterocycles. The smallest absolute Gasteiger partial charge is 0.246 e. The molecule has 0 atom stereocenters. The highest BCUT2D eigenvalue weighted by Gasteiger charge is 2.33. The molecule has 6 nitrogen and oxygen atoms in total. The van der Waals surface area contributed by atoms with Gasteiger partial charge in [0, 0.05) is 29.9 Å². The van der Waals surface area contributed by atoms with Gasteiger partial charge in [-0.1, -0.05) is 62.4 Å². The Morgan fingerprint density at radius 3 is 2.45 bits per heavy atom. The Balaban J connectivity index is 1.61. The first-order chi connectivity index (χ1) is 16.0. The molecule has 1 heterocycles. The highest BCUT2D eigenvalue weighted by atomic mass is 16.2. The van der Waals surface area contributed by atoms with E-state index in [1.807, 2.05) is 53.2 Å². The van der Waals surface area contributed by atoms with Crippen LogP contribution in [0.3, 0.4) is 0 Å². The molecule has 2 amide bonds. The lowest BCUT2D eigenvalue weighted by Crippen LogP contribution is -2.39. The fraction of sp³-hybridized carbons (Fsp3) is 0.296. The summed E-state index contributed by atoms with van der Waals surface area (Å²) in [5.74, 6) is 0.636. The number of hydrogen-bond acceptors (Lipinski definition) is 3. The van der Waals surface area contributed by atoms with Crippen LogP contribution in [0.5, 0.6) is 0 Å². The highest BCUT2D eigenvalue weighted by molar-refractivity contribution is 5.94. The minimum absolute atomic E-state index is 0.0163. The average molecular weight is 443 g/mol. The molecule has 1 aromatic heterocycles. The van der Waals surface area contributed by atoms with Crippen molar-refractivity contribution in [1.82, 2.24) is 14.5 Å². The van der Waals surface area contributed by atoms with Gasteiger partial charge in [0.1, 0.15) is 6.54 Å². The summed E-state index contributed by atoms with van der Waals surface area (Å²) < 4.78 is 1.88. The summed E-state index contributed by atoms with van der Waals surface area (Å²) in [6.45, 7) is 8.36. The normalized spacial score (nSPS) is 13.1. The zero-order valence-corrected chi connectivity index (χ0v) is 19.2. The summed E-state index contributed by atoms with van der Waals surface area (Å²) in [5.41, 5.74) is 3.87. The van der Waals surface area contributed by atoms with Crippen LogP contribution < -0.4 is 5.32 Å². The Morgan fingerprint density at radius 1 is 1.15 bits per heavy atom. The number of amides is 2. The molecule has 0 spiro atoms. The predicted octanol–water partition coefficient (Wildman–Crippen LogP) is 5.03. The number of rotatable bonds is 9. The number of aromatic nitrogens is 2. The van der Waals surface area contributed by atoms with Gasteiger partial charge >= 0.3 is 0 Å². The summed E-state index contributed by atoms with van der Waals surface area (Å²) in [5, 5.41) is 2.92. The van der Waals surface area contributed by atoms with Gasteiger partial charge in [-0.2, -0.15) is 0 Å². The lowest BCUT2D eigenvalue weighted by Gasteiger charge is -2.20. The van der Waals surface area contributed by atoms with Crippen molar-refractivity contribution < 1.29 is 9.59 Å². The molecule has 33 heavy (non-hydrogen) atoms. The van der Waals surface area contributed by atoms with Crippen LogP contribution >= 0.6 is 0 Å². The Labute approximate surface area is 195 Å². The van der Waals surface area contributed by atoms with Crippen LogP contribution in [-0.4, -0.2) is 39.4 Å².